The van der Waals surface area contributed by atoms with E-state index < -0.39 is 0 Å². The summed E-state index contributed by atoms with van der Waals surface area (Å²) in [7, 11) is 0. The number of halogens is 2. The van der Waals surface area contributed by atoms with Crippen LogP contribution in [0.15, 0.2) is 28.9 Å². The highest BCUT2D eigenvalue weighted by molar-refractivity contribution is 9.10. The fourth-order valence-corrected chi connectivity index (χ4v) is 1.98. The molecule has 1 aromatic heterocycles. The number of rotatable bonds is 2. The fourth-order valence-electron chi connectivity index (χ4n) is 1.51. The molecule has 0 aliphatic rings. The molecular weight excluding hydrogens is 273 g/mol. The van der Waals surface area contributed by atoms with Crippen LogP contribution in [0.3, 0.4) is 0 Å². The summed E-state index contributed by atoms with van der Waals surface area (Å²) in [5.74, 6) is 0.208. The maximum atomic E-state index is 12.9. The summed E-state index contributed by atoms with van der Waals surface area (Å²) in [6.45, 7) is 2.51. The Labute approximate surface area is 101 Å². The molecule has 2 rings (SSSR count). The minimum absolute atomic E-state index is 0.258. The number of hydrogen-bond acceptors (Lipinski definition) is 2. The second-order valence-electron chi connectivity index (χ2n) is 3.58. The van der Waals surface area contributed by atoms with Gasteiger partial charge >= 0.3 is 0 Å². The molecule has 0 fully saturated rings. The van der Waals surface area contributed by atoms with E-state index in [1.54, 1.807) is 12.3 Å². The molecule has 1 heterocycles. The maximum Gasteiger partial charge on any atom is 0.200 e. The van der Waals surface area contributed by atoms with Crippen LogP contribution in [0.5, 0.6) is 0 Å². The summed E-state index contributed by atoms with van der Waals surface area (Å²) in [6, 6.07) is 4.61. The van der Waals surface area contributed by atoms with Gasteiger partial charge in [-0.15, -0.1) is 0 Å². The third-order valence-electron chi connectivity index (χ3n) is 2.43. The van der Waals surface area contributed by atoms with Gasteiger partial charge in [0.05, 0.1) is 12.7 Å². The van der Waals surface area contributed by atoms with Gasteiger partial charge in [-0.2, -0.15) is 0 Å². The largest absolute Gasteiger partial charge is 0.369 e. The summed E-state index contributed by atoms with van der Waals surface area (Å²) in [5, 5.41) is 0. The first kappa shape index (κ1) is 11.1. The molecule has 0 amide bonds. The Balaban J connectivity index is 2.34. The highest BCUT2D eigenvalue weighted by Crippen LogP contribution is 2.20. The molecule has 0 spiro atoms. The van der Waals surface area contributed by atoms with Crippen molar-refractivity contribution >= 4 is 21.9 Å². The average molecular weight is 284 g/mol. The number of aromatic nitrogens is 2. The van der Waals surface area contributed by atoms with Gasteiger partial charge in [0, 0.05) is 10.2 Å². The Bertz CT molecular complexity index is 502. The van der Waals surface area contributed by atoms with Crippen LogP contribution >= 0.6 is 15.9 Å². The lowest BCUT2D eigenvalue weighted by atomic mass is 10.2. The van der Waals surface area contributed by atoms with Crippen molar-refractivity contribution in [2.24, 2.45) is 0 Å². The average Bonchev–Trinajstić information content (AvgIpc) is 2.53. The minimum Gasteiger partial charge on any atom is -0.369 e. The molecule has 0 radical (unpaired) electrons. The van der Waals surface area contributed by atoms with Crippen LogP contribution in [0.25, 0.3) is 0 Å². The molecule has 0 aliphatic carbocycles. The van der Waals surface area contributed by atoms with E-state index in [0.29, 0.717) is 12.5 Å². The van der Waals surface area contributed by atoms with Gasteiger partial charge in [0.25, 0.3) is 0 Å². The van der Waals surface area contributed by atoms with Crippen molar-refractivity contribution in [2.45, 2.75) is 13.5 Å². The van der Waals surface area contributed by atoms with Crippen molar-refractivity contribution in [3.05, 3.63) is 45.9 Å². The van der Waals surface area contributed by atoms with Crippen LogP contribution in [0, 0.1) is 12.7 Å². The molecule has 0 aliphatic heterocycles. The summed E-state index contributed by atoms with van der Waals surface area (Å²) in [6.07, 6.45) is 1.72. The van der Waals surface area contributed by atoms with Crippen LogP contribution in [0.4, 0.5) is 10.3 Å². The predicted octanol–water partition coefficient (Wildman–Crippen LogP) is 2.72. The van der Waals surface area contributed by atoms with Crippen molar-refractivity contribution < 1.29 is 4.39 Å². The summed E-state index contributed by atoms with van der Waals surface area (Å²) in [4.78, 5) is 4.01. The zero-order valence-electron chi connectivity index (χ0n) is 8.74. The van der Waals surface area contributed by atoms with E-state index in [2.05, 4.69) is 20.9 Å². The van der Waals surface area contributed by atoms with E-state index in [9.17, 15) is 4.39 Å². The summed E-state index contributed by atoms with van der Waals surface area (Å²) >= 11 is 3.33. The first-order chi connectivity index (χ1) is 7.58. The molecule has 0 unspecified atom stereocenters. The van der Waals surface area contributed by atoms with Crippen LogP contribution in [-0.2, 0) is 6.54 Å². The Hall–Kier alpha value is -1.36. The van der Waals surface area contributed by atoms with E-state index in [1.807, 2.05) is 11.5 Å². The summed E-state index contributed by atoms with van der Waals surface area (Å²) in [5.41, 5.74) is 7.68. The third-order valence-corrected chi connectivity index (χ3v) is 3.17. The van der Waals surface area contributed by atoms with Gasteiger partial charge < -0.3 is 10.3 Å². The van der Waals surface area contributed by atoms with Crippen molar-refractivity contribution in [1.82, 2.24) is 9.55 Å². The normalized spacial score (nSPS) is 10.7. The smallest absolute Gasteiger partial charge is 0.200 e. The number of benzene rings is 1. The number of nitrogens with zero attached hydrogens (tertiary/aromatic N) is 2. The number of anilines is 1. The number of nitrogens with two attached hydrogens (primary N) is 1. The van der Waals surface area contributed by atoms with Crippen LogP contribution in [-0.4, -0.2) is 9.55 Å². The van der Waals surface area contributed by atoms with Crippen molar-refractivity contribution in [3.8, 4) is 0 Å². The lowest BCUT2D eigenvalue weighted by Gasteiger charge is -2.09. The molecule has 0 saturated heterocycles. The molecule has 0 saturated carbocycles. The second kappa shape index (κ2) is 4.25. The third kappa shape index (κ3) is 2.09. The van der Waals surface area contributed by atoms with E-state index in [1.165, 1.54) is 12.1 Å². The molecule has 3 nitrogen and oxygen atoms in total. The molecule has 2 aromatic rings. The first-order valence-electron chi connectivity index (χ1n) is 4.79. The first-order valence-corrected chi connectivity index (χ1v) is 5.59. The van der Waals surface area contributed by atoms with Crippen molar-refractivity contribution in [1.29, 1.82) is 0 Å². The van der Waals surface area contributed by atoms with Gasteiger partial charge in [-0.05, 0) is 24.6 Å². The number of nitrogen functional groups attached to an aromatic ring is 1. The number of hydrogen-bond donors (Lipinski definition) is 1. The lowest BCUT2D eigenvalue weighted by molar-refractivity contribution is 0.625. The SMILES string of the molecule is Cc1cnc(N)n1Cc1ccc(F)cc1Br. The van der Waals surface area contributed by atoms with E-state index >= 15 is 0 Å². The van der Waals surface area contributed by atoms with Gasteiger partial charge in [0.2, 0.25) is 5.95 Å². The predicted molar refractivity (Wildman–Crippen MR) is 64.6 cm³/mol. The Morgan fingerprint density at radius 2 is 2.25 bits per heavy atom. The highest BCUT2D eigenvalue weighted by atomic mass is 79.9. The minimum atomic E-state index is -0.258. The molecule has 84 valence electrons. The highest BCUT2D eigenvalue weighted by Gasteiger charge is 2.07. The van der Waals surface area contributed by atoms with Gasteiger partial charge in [0.1, 0.15) is 5.82 Å². The zero-order valence-corrected chi connectivity index (χ0v) is 10.3. The molecule has 5 heteroatoms. The Morgan fingerprint density at radius 1 is 1.50 bits per heavy atom. The van der Waals surface area contributed by atoms with E-state index in [4.69, 9.17) is 5.73 Å². The molecule has 0 bridgehead atoms. The quantitative estimate of drug-likeness (QED) is 0.921. The van der Waals surface area contributed by atoms with Gasteiger partial charge in [0.15, 0.2) is 0 Å². The zero-order chi connectivity index (χ0) is 11.7. The second-order valence-corrected chi connectivity index (χ2v) is 4.43. The van der Waals surface area contributed by atoms with Gasteiger partial charge in [-0.1, -0.05) is 22.0 Å². The number of imidazole rings is 1. The van der Waals surface area contributed by atoms with Crippen LogP contribution < -0.4 is 5.73 Å². The van der Waals surface area contributed by atoms with E-state index in [0.717, 1.165) is 15.7 Å². The Morgan fingerprint density at radius 3 is 2.81 bits per heavy atom. The standard InChI is InChI=1S/C11H11BrFN3/c1-7-5-15-11(14)16(7)6-8-2-3-9(13)4-10(8)12/h2-5H,6H2,1H3,(H2,14,15). The molecule has 16 heavy (non-hydrogen) atoms. The summed E-state index contributed by atoms with van der Waals surface area (Å²) < 4.78 is 15.5. The monoisotopic (exact) mass is 283 g/mol. The molecular formula is C11H11BrFN3. The van der Waals surface area contributed by atoms with E-state index in [-0.39, 0.29) is 5.82 Å². The van der Waals surface area contributed by atoms with Gasteiger partial charge in [-0.3, -0.25) is 0 Å². The fraction of sp³-hybridized carbons (Fsp3) is 0.182. The molecule has 0 atom stereocenters. The lowest BCUT2D eigenvalue weighted by Crippen LogP contribution is -2.06. The maximum absolute atomic E-state index is 12.9. The molecule has 1 aromatic carbocycles. The topological polar surface area (TPSA) is 43.8 Å². The van der Waals surface area contributed by atoms with Crippen molar-refractivity contribution in [3.63, 3.8) is 0 Å². The van der Waals surface area contributed by atoms with Crippen LogP contribution in [0.1, 0.15) is 11.3 Å². The Kier molecular flexibility index (Phi) is 2.96. The van der Waals surface area contributed by atoms with Crippen molar-refractivity contribution in [2.75, 3.05) is 5.73 Å². The van der Waals surface area contributed by atoms with Crippen LogP contribution in [0.2, 0.25) is 0 Å². The van der Waals surface area contributed by atoms with Gasteiger partial charge in [-0.25, -0.2) is 9.37 Å². The molecule has 2 N–H and O–H groups in total. The number of aryl methyl sites for hydroxylation is 1.